The fourth-order valence-electron chi connectivity index (χ4n) is 4.12. The van der Waals surface area contributed by atoms with Crippen LogP contribution in [0.25, 0.3) is 12.3 Å². The van der Waals surface area contributed by atoms with Crippen LogP contribution in [-0.4, -0.2) is 17.1 Å². The monoisotopic (exact) mass is 501 g/mol. The third-order valence-electron chi connectivity index (χ3n) is 6.18. The zero-order valence-electron chi connectivity index (χ0n) is 24.0. The van der Waals surface area contributed by atoms with Crippen molar-refractivity contribution in [2.75, 3.05) is 0 Å². The molecular weight excluding hydrogens is 454 g/mol. The molecule has 3 rings (SSSR count). The van der Waals surface area contributed by atoms with Gasteiger partial charge in [0.2, 0.25) is 5.91 Å². The number of aromatic nitrogens is 1. The van der Waals surface area contributed by atoms with Gasteiger partial charge in [-0.25, -0.2) is 0 Å². The highest BCUT2D eigenvalue weighted by molar-refractivity contribution is 5.73. The summed E-state index contributed by atoms with van der Waals surface area (Å²) in [4.78, 5) is 17.9. The summed E-state index contributed by atoms with van der Waals surface area (Å²) in [7, 11) is 0. The second-order valence-electron chi connectivity index (χ2n) is 9.34. The number of hydrogen-bond acceptors (Lipinski definition) is 2. The lowest BCUT2D eigenvalue weighted by Gasteiger charge is -2.15. The third kappa shape index (κ3) is 12.4. The van der Waals surface area contributed by atoms with E-state index in [2.05, 4.69) is 66.9 Å². The molecule has 0 spiro atoms. The van der Waals surface area contributed by atoms with E-state index in [0.717, 1.165) is 27.7 Å². The molecule has 1 unspecified atom stereocenters. The van der Waals surface area contributed by atoms with Crippen molar-refractivity contribution in [2.45, 2.75) is 86.1 Å². The predicted molar refractivity (Wildman–Crippen MR) is 161 cm³/mol. The van der Waals surface area contributed by atoms with Crippen molar-refractivity contribution in [3.8, 4) is 0 Å². The number of aliphatic imine (C=N–C) groups is 1. The summed E-state index contributed by atoms with van der Waals surface area (Å²) in [5, 5.41) is 4.83. The molecule has 0 bridgehead atoms. The second kappa shape index (κ2) is 17.9. The predicted octanol–water partition coefficient (Wildman–Crippen LogP) is 7.21. The van der Waals surface area contributed by atoms with Gasteiger partial charge in [0.25, 0.3) is 0 Å². The van der Waals surface area contributed by atoms with Crippen LogP contribution in [0.4, 0.5) is 0 Å². The van der Waals surface area contributed by atoms with E-state index in [4.69, 9.17) is 0 Å². The molecule has 1 aromatic heterocycles. The number of H-pyrrole nitrogens is 1. The standard InChI is InChI=1S/C14H22.C10H13NO.C9H12N2/c1-4-6-9-13(5-2)14-10-7-8-12(3)11-14;1-8(11-9(2)12)10-6-4-3-5-7-10;1-4-10-7(2)9-5-6-11-8(9)3/h7-8,10-11,13H,4-6,9H2,1-3H3;3-8H,1-2H3,(H,11,12);4-6,11H,3H2,1-2H3/b;;9-7-,10-4?/t;8-;/m.0./s1. The minimum absolute atomic E-state index is 0.00588. The number of carbonyl (C=O) groups is 1. The lowest BCUT2D eigenvalue weighted by atomic mass is 9.90. The Bertz CT molecular complexity index is 1180. The molecule has 2 aromatic carbocycles. The molecule has 0 aliphatic rings. The van der Waals surface area contributed by atoms with Gasteiger partial charge in [-0.1, -0.05) is 93.4 Å². The summed E-state index contributed by atoms with van der Waals surface area (Å²) in [6, 6.07) is 20.9. The second-order valence-corrected chi connectivity index (χ2v) is 9.34. The maximum atomic E-state index is 10.7. The highest BCUT2D eigenvalue weighted by Gasteiger charge is 2.08. The summed E-state index contributed by atoms with van der Waals surface area (Å²) in [5.41, 5.74) is 5.05. The number of nitrogens with one attached hydrogen (secondary N) is 2. The Hall–Kier alpha value is -3.40. The first-order valence-corrected chi connectivity index (χ1v) is 13.4. The van der Waals surface area contributed by atoms with Crippen LogP contribution in [0.3, 0.4) is 0 Å². The molecule has 3 aromatic rings. The van der Waals surface area contributed by atoms with Crippen LogP contribution in [0.15, 0.2) is 71.9 Å². The number of nitrogens with zero attached hydrogens (tertiary/aromatic N) is 1. The van der Waals surface area contributed by atoms with Crippen LogP contribution in [0.1, 0.15) is 95.9 Å². The zero-order chi connectivity index (χ0) is 27.6. The highest BCUT2D eigenvalue weighted by Crippen LogP contribution is 2.25. The number of rotatable bonds is 8. The topological polar surface area (TPSA) is 57.2 Å². The van der Waals surface area contributed by atoms with Gasteiger partial charge in [-0.3, -0.25) is 9.79 Å². The Kier molecular flexibility index (Phi) is 15.3. The molecule has 0 aliphatic heterocycles. The normalized spacial score (nSPS) is 12.9. The van der Waals surface area contributed by atoms with E-state index in [1.54, 1.807) is 6.21 Å². The Morgan fingerprint density at radius 3 is 2.24 bits per heavy atom. The van der Waals surface area contributed by atoms with E-state index in [9.17, 15) is 4.79 Å². The van der Waals surface area contributed by atoms with Crippen molar-refractivity contribution >= 4 is 24.4 Å². The molecule has 1 amide bonds. The molecule has 0 radical (unpaired) electrons. The van der Waals surface area contributed by atoms with Gasteiger partial charge in [-0.15, -0.1) is 0 Å². The number of unbranched alkanes of at least 4 members (excludes halogenated alkanes) is 1. The lowest BCUT2D eigenvalue weighted by Crippen LogP contribution is -2.23. The summed E-state index contributed by atoms with van der Waals surface area (Å²) in [6.07, 6.45) is 8.92. The van der Waals surface area contributed by atoms with Gasteiger partial charge >= 0.3 is 0 Å². The zero-order valence-corrected chi connectivity index (χ0v) is 24.0. The summed E-state index contributed by atoms with van der Waals surface area (Å²) in [5.74, 6) is 0.779. The van der Waals surface area contributed by atoms with Crippen molar-refractivity contribution in [1.82, 2.24) is 10.3 Å². The molecule has 0 fully saturated rings. The number of carbonyl (C=O) groups excluding carboxylic acids is 1. The van der Waals surface area contributed by atoms with E-state index in [1.807, 2.05) is 63.4 Å². The third-order valence-corrected chi connectivity index (χ3v) is 6.18. The summed E-state index contributed by atoms with van der Waals surface area (Å²) in [6.45, 7) is 17.9. The Morgan fingerprint density at radius 1 is 1.05 bits per heavy atom. The minimum Gasteiger partial charge on any atom is -0.362 e. The average Bonchev–Trinajstić information content (AvgIpc) is 3.32. The van der Waals surface area contributed by atoms with Crippen LogP contribution in [0.5, 0.6) is 0 Å². The quantitative estimate of drug-likeness (QED) is 0.315. The van der Waals surface area contributed by atoms with Crippen LogP contribution < -0.4 is 15.9 Å². The lowest BCUT2D eigenvalue weighted by molar-refractivity contribution is -0.119. The van der Waals surface area contributed by atoms with Gasteiger partial charge < -0.3 is 10.3 Å². The van der Waals surface area contributed by atoms with Crippen molar-refractivity contribution in [2.24, 2.45) is 4.99 Å². The summed E-state index contributed by atoms with van der Waals surface area (Å²) >= 11 is 0. The first-order valence-electron chi connectivity index (χ1n) is 13.4. The molecule has 1 heterocycles. The fourth-order valence-corrected chi connectivity index (χ4v) is 4.12. The molecule has 4 nitrogen and oxygen atoms in total. The van der Waals surface area contributed by atoms with Crippen molar-refractivity contribution in [1.29, 1.82) is 0 Å². The van der Waals surface area contributed by atoms with E-state index in [0.29, 0.717) is 0 Å². The molecule has 0 saturated heterocycles. The van der Waals surface area contributed by atoms with Crippen LogP contribution in [0, 0.1) is 6.92 Å². The number of benzene rings is 2. The van der Waals surface area contributed by atoms with Crippen molar-refractivity contribution in [3.05, 3.63) is 94.1 Å². The molecule has 200 valence electrons. The maximum absolute atomic E-state index is 10.7. The molecule has 4 heteroatoms. The van der Waals surface area contributed by atoms with Gasteiger partial charge in [0.15, 0.2) is 0 Å². The largest absolute Gasteiger partial charge is 0.362 e. The molecule has 2 N–H and O–H groups in total. The van der Waals surface area contributed by atoms with Gasteiger partial charge in [-0.05, 0) is 63.6 Å². The Labute approximate surface area is 224 Å². The van der Waals surface area contributed by atoms with Gasteiger partial charge in [0.1, 0.15) is 0 Å². The number of hydrogen-bond donors (Lipinski definition) is 2. The highest BCUT2D eigenvalue weighted by atomic mass is 16.1. The van der Waals surface area contributed by atoms with Crippen LogP contribution >= 0.6 is 0 Å². The summed E-state index contributed by atoms with van der Waals surface area (Å²) < 4.78 is 0. The Morgan fingerprint density at radius 2 is 1.73 bits per heavy atom. The molecule has 37 heavy (non-hydrogen) atoms. The van der Waals surface area contributed by atoms with Gasteiger partial charge in [0.05, 0.1) is 6.04 Å². The molecule has 0 saturated carbocycles. The van der Waals surface area contributed by atoms with E-state index < -0.39 is 0 Å². The number of aromatic amines is 1. The van der Waals surface area contributed by atoms with Crippen LogP contribution in [0.2, 0.25) is 0 Å². The molecular formula is C33H47N3O. The first kappa shape index (κ1) is 31.6. The van der Waals surface area contributed by atoms with E-state index >= 15 is 0 Å². The first-order chi connectivity index (χ1) is 17.7. The van der Waals surface area contributed by atoms with Crippen molar-refractivity contribution in [3.63, 3.8) is 0 Å². The SMILES string of the molecule is C=c1[nH]cc/c1=C(\C)N=CC.CC(=O)N[C@@H](C)c1ccccc1.CCCCC(CC)c1cccc(C)c1. The maximum Gasteiger partial charge on any atom is 0.217 e. The smallest absolute Gasteiger partial charge is 0.217 e. The number of aryl methyl sites for hydroxylation is 1. The van der Waals surface area contributed by atoms with Crippen LogP contribution in [-0.2, 0) is 4.79 Å². The Balaban J connectivity index is 0.000000280. The average molecular weight is 502 g/mol. The fraction of sp³-hybridized carbons (Fsp3) is 0.394. The minimum atomic E-state index is 0.00588. The van der Waals surface area contributed by atoms with E-state index in [-0.39, 0.29) is 11.9 Å². The van der Waals surface area contributed by atoms with Crippen molar-refractivity contribution < 1.29 is 4.79 Å². The van der Waals surface area contributed by atoms with Gasteiger partial charge in [-0.2, -0.15) is 0 Å². The molecule has 2 atom stereocenters. The van der Waals surface area contributed by atoms with E-state index in [1.165, 1.54) is 43.7 Å². The number of amides is 1. The molecule has 0 aliphatic carbocycles. The van der Waals surface area contributed by atoms with Gasteiger partial charge in [0, 0.05) is 35.6 Å².